The van der Waals surface area contributed by atoms with Crippen LogP contribution in [0.2, 0.25) is 0 Å². The van der Waals surface area contributed by atoms with Crippen molar-refractivity contribution in [3.63, 3.8) is 0 Å². The van der Waals surface area contributed by atoms with E-state index in [2.05, 4.69) is 25.7 Å². The largest absolute Gasteiger partial charge is 0.465 e. The summed E-state index contributed by atoms with van der Waals surface area (Å²) in [4.78, 5) is 24.7. The van der Waals surface area contributed by atoms with Gasteiger partial charge in [-0.15, -0.1) is 0 Å². The lowest BCUT2D eigenvalue weighted by atomic mass is 10.2. The topological polar surface area (TPSA) is 82.3 Å². The number of nitrogens with zero attached hydrogens (tertiary/aromatic N) is 2. The maximum atomic E-state index is 11.1. The molecule has 0 radical (unpaired) electrons. The molecule has 0 aromatic carbocycles. The number of nitro groups is 1. The van der Waals surface area contributed by atoms with E-state index >= 15 is 0 Å². The number of pyridine rings is 1. The molecule has 0 saturated carbocycles. The van der Waals surface area contributed by atoms with E-state index in [1.165, 1.54) is 12.3 Å². The van der Waals surface area contributed by atoms with Crippen LogP contribution in [0.1, 0.15) is 10.4 Å². The molecule has 0 bridgehead atoms. The third-order valence-corrected chi connectivity index (χ3v) is 2.05. The van der Waals surface area contributed by atoms with Crippen LogP contribution in [0.15, 0.2) is 16.9 Å². The fraction of sp³-hybridized carbons (Fsp3) is 0.143. The van der Waals surface area contributed by atoms with Gasteiger partial charge in [0.1, 0.15) is 5.56 Å². The first-order chi connectivity index (χ1) is 6.57. The summed E-state index contributed by atoms with van der Waals surface area (Å²) in [6.07, 6.45) is 1.28. The summed E-state index contributed by atoms with van der Waals surface area (Å²) >= 11 is 2.88. The van der Waals surface area contributed by atoms with E-state index in [9.17, 15) is 14.9 Å². The third kappa shape index (κ3) is 1.87. The average molecular weight is 261 g/mol. The molecule has 1 rings (SSSR count). The summed E-state index contributed by atoms with van der Waals surface area (Å²) in [6, 6.07) is 1.23. The fourth-order valence-corrected chi connectivity index (χ4v) is 1.35. The van der Waals surface area contributed by atoms with Crippen molar-refractivity contribution in [2.75, 3.05) is 7.11 Å². The van der Waals surface area contributed by atoms with Crippen LogP contribution in [0, 0.1) is 10.1 Å². The van der Waals surface area contributed by atoms with Crippen LogP contribution in [-0.4, -0.2) is 23.0 Å². The van der Waals surface area contributed by atoms with Gasteiger partial charge in [0, 0.05) is 6.20 Å². The SMILES string of the molecule is COC(=O)c1ccnc(Br)c1[N+](=O)[O-]. The number of carbonyl (C=O) groups excluding carboxylic acids is 1. The number of rotatable bonds is 2. The van der Waals surface area contributed by atoms with Crippen molar-refractivity contribution in [1.82, 2.24) is 4.98 Å². The Kier molecular flexibility index (Phi) is 3.13. The second-order valence-corrected chi connectivity index (χ2v) is 3.00. The monoisotopic (exact) mass is 260 g/mol. The Bertz CT molecular complexity index is 393. The molecule has 6 nitrogen and oxygen atoms in total. The first-order valence-corrected chi connectivity index (χ1v) is 4.24. The first kappa shape index (κ1) is 10.6. The Morgan fingerprint density at radius 2 is 2.36 bits per heavy atom. The van der Waals surface area contributed by atoms with Gasteiger partial charge in [0.25, 0.3) is 0 Å². The molecule has 0 aliphatic carbocycles. The molecule has 0 N–H and O–H groups in total. The lowest BCUT2D eigenvalue weighted by Gasteiger charge is -2.00. The lowest BCUT2D eigenvalue weighted by molar-refractivity contribution is -0.386. The second kappa shape index (κ2) is 4.14. The summed E-state index contributed by atoms with van der Waals surface area (Å²) in [5.41, 5.74) is -0.515. The van der Waals surface area contributed by atoms with Gasteiger partial charge in [-0.05, 0) is 22.0 Å². The highest BCUT2D eigenvalue weighted by Gasteiger charge is 2.24. The highest BCUT2D eigenvalue weighted by Crippen LogP contribution is 2.26. The van der Waals surface area contributed by atoms with Gasteiger partial charge < -0.3 is 4.74 Å². The minimum absolute atomic E-state index is 0.00500. The van der Waals surface area contributed by atoms with Crippen LogP contribution in [0.3, 0.4) is 0 Å². The number of hydrogen-bond acceptors (Lipinski definition) is 5. The molecule has 74 valence electrons. The number of methoxy groups -OCH3 is 1. The summed E-state index contributed by atoms with van der Waals surface area (Å²) in [5, 5.41) is 10.6. The van der Waals surface area contributed by atoms with E-state index in [0.29, 0.717) is 0 Å². The number of carbonyl (C=O) groups is 1. The van der Waals surface area contributed by atoms with Gasteiger partial charge in [-0.3, -0.25) is 10.1 Å². The Morgan fingerprint density at radius 3 is 2.86 bits per heavy atom. The minimum atomic E-state index is -0.764. The predicted octanol–water partition coefficient (Wildman–Crippen LogP) is 1.54. The summed E-state index contributed by atoms with van der Waals surface area (Å²) in [7, 11) is 1.15. The summed E-state index contributed by atoms with van der Waals surface area (Å²) < 4.78 is 4.40. The van der Waals surface area contributed by atoms with Gasteiger partial charge in [0.2, 0.25) is 0 Å². The van der Waals surface area contributed by atoms with Crippen molar-refractivity contribution >= 4 is 27.6 Å². The Balaban J connectivity index is 3.35. The maximum absolute atomic E-state index is 11.1. The van der Waals surface area contributed by atoms with Crippen LogP contribution in [0.25, 0.3) is 0 Å². The second-order valence-electron chi connectivity index (χ2n) is 2.25. The zero-order chi connectivity index (χ0) is 10.7. The zero-order valence-electron chi connectivity index (χ0n) is 7.06. The molecule has 0 atom stereocenters. The molecule has 1 heterocycles. The Morgan fingerprint density at radius 1 is 1.71 bits per heavy atom. The number of halogens is 1. The first-order valence-electron chi connectivity index (χ1n) is 3.45. The standard InChI is InChI=1S/C7H5BrN2O4/c1-14-7(11)4-2-3-9-6(8)5(4)10(12)13/h2-3H,1H3. The molecule has 0 saturated heterocycles. The van der Waals surface area contributed by atoms with Gasteiger partial charge in [-0.1, -0.05) is 0 Å². The maximum Gasteiger partial charge on any atom is 0.345 e. The van der Waals surface area contributed by atoms with Crippen LogP contribution in [0.4, 0.5) is 5.69 Å². The van der Waals surface area contributed by atoms with E-state index in [-0.39, 0.29) is 15.9 Å². The van der Waals surface area contributed by atoms with Crippen LogP contribution < -0.4 is 0 Å². The van der Waals surface area contributed by atoms with E-state index in [1.807, 2.05) is 0 Å². The number of aromatic nitrogens is 1. The molecule has 0 unspecified atom stereocenters. The van der Waals surface area contributed by atoms with Crippen LogP contribution >= 0.6 is 15.9 Å². The van der Waals surface area contributed by atoms with Crippen molar-refractivity contribution < 1.29 is 14.5 Å². The van der Waals surface area contributed by atoms with Gasteiger partial charge in [0.15, 0.2) is 4.60 Å². The molecule has 1 aromatic rings. The lowest BCUT2D eigenvalue weighted by Crippen LogP contribution is -2.06. The number of ether oxygens (including phenoxy) is 1. The van der Waals surface area contributed by atoms with Crippen molar-refractivity contribution in [1.29, 1.82) is 0 Å². The van der Waals surface area contributed by atoms with Gasteiger partial charge in [-0.25, -0.2) is 9.78 Å². The van der Waals surface area contributed by atoms with Crippen molar-refractivity contribution in [2.45, 2.75) is 0 Å². The van der Waals surface area contributed by atoms with Crippen LogP contribution in [0.5, 0.6) is 0 Å². The summed E-state index contributed by atoms with van der Waals surface area (Å²) in [6.45, 7) is 0. The van der Waals surface area contributed by atoms with E-state index in [0.717, 1.165) is 7.11 Å². The van der Waals surface area contributed by atoms with Crippen molar-refractivity contribution in [3.8, 4) is 0 Å². The number of hydrogen-bond donors (Lipinski definition) is 0. The van der Waals surface area contributed by atoms with E-state index < -0.39 is 10.9 Å². The molecule has 0 aliphatic rings. The van der Waals surface area contributed by atoms with Gasteiger partial charge >= 0.3 is 11.7 Å². The molecular formula is C7H5BrN2O4. The van der Waals surface area contributed by atoms with E-state index in [4.69, 9.17) is 0 Å². The molecule has 14 heavy (non-hydrogen) atoms. The van der Waals surface area contributed by atoms with Crippen molar-refractivity contribution in [3.05, 3.63) is 32.5 Å². The smallest absolute Gasteiger partial charge is 0.345 e. The minimum Gasteiger partial charge on any atom is -0.465 e. The average Bonchev–Trinajstić information content (AvgIpc) is 2.15. The van der Waals surface area contributed by atoms with Crippen molar-refractivity contribution in [2.24, 2.45) is 0 Å². The Hall–Kier alpha value is -1.50. The summed E-state index contributed by atoms with van der Waals surface area (Å²) in [5.74, 6) is -0.764. The van der Waals surface area contributed by atoms with Gasteiger partial charge in [0.05, 0.1) is 12.0 Å². The normalized spacial score (nSPS) is 9.57. The molecule has 7 heteroatoms. The molecule has 0 amide bonds. The molecule has 1 aromatic heterocycles. The highest BCUT2D eigenvalue weighted by molar-refractivity contribution is 9.10. The fourth-order valence-electron chi connectivity index (χ4n) is 0.877. The molecule has 0 spiro atoms. The van der Waals surface area contributed by atoms with E-state index in [1.54, 1.807) is 0 Å². The molecular weight excluding hydrogens is 256 g/mol. The predicted molar refractivity (Wildman–Crippen MR) is 49.9 cm³/mol. The number of esters is 1. The van der Waals surface area contributed by atoms with Gasteiger partial charge in [-0.2, -0.15) is 0 Å². The van der Waals surface area contributed by atoms with Crippen LogP contribution in [-0.2, 0) is 4.74 Å². The highest BCUT2D eigenvalue weighted by atomic mass is 79.9. The molecule has 0 fully saturated rings. The third-order valence-electron chi connectivity index (χ3n) is 1.47. The zero-order valence-corrected chi connectivity index (χ0v) is 8.65. The Labute approximate surface area is 87.2 Å². The quantitative estimate of drug-likeness (QED) is 0.349. The molecule has 0 aliphatic heterocycles.